The first-order valence-electron chi connectivity index (χ1n) is 7.19. The van der Waals surface area contributed by atoms with E-state index in [0.717, 1.165) is 12.1 Å². The molecule has 23 heavy (non-hydrogen) atoms. The predicted octanol–water partition coefficient (Wildman–Crippen LogP) is 3.10. The molecule has 1 saturated heterocycles. The van der Waals surface area contributed by atoms with E-state index in [1.54, 1.807) is 24.3 Å². The molecule has 2 aromatic carbocycles. The van der Waals surface area contributed by atoms with Gasteiger partial charge in [0.15, 0.2) is 0 Å². The molecule has 1 aliphatic rings. The third-order valence-electron chi connectivity index (χ3n) is 3.74. The van der Waals surface area contributed by atoms with Crippen molar-refractivity contribution in [3.05, 3.63) is 60.2 Å². The van der Waals surface area contributed by atoms with Crippen LogP contribution in [0.4, 0.5) is 20.2 Å². The highest BCUT2D eigenvalue weighted by molar-refractivity contribution is 6.07. The Labute approximate surface area is 131 Å². The van der Waals surface area contributed by atoms with Crippen molar-refractivity contribution in [3.63, 3.8) is 0 Å². The monoisotopic (exact) mass is 316 g/mol. The first-order valence-corrected chi connectivity index (χ1v) is 7.19. The summed E-state index contributed by atoms with van der Waals surface area (Å²) < 4.78 is 26.6. The van der Waals surface area contributed by atoms with Gasteiger partial charge in [0.05, 0.1) is 5.69 Å². The number of hydrogen-bond acceptors (Lipinski definition) is 2. The lowest BCUT2D eigenvalue weighted by molar-refractivity contribution is -0.120. The molecule has 0 radical (unpaired) electrons. The summed E-state index contributed by atoms with van der Waals surface area (Å²) >= 11 is 0. The van der Waals surface area contributed by atoms with Gasteiger partial charge in [0.25, 0.3) is 0 Å². The minimum atomic E-state index is -0.853. The summed E-state index contributed by atoms with van der Waals surface area (Å²) in [4.78, 5) is 25.9. The van der Waals surface area contributed by atoms with E-state index in [0.29, 0.717) is 18.2 Å². The van der Waals surface area contributed by atoms with E-state index in [-0.39, 0.29) is 18.0 Å². The van der Waals surface area contributed by atoms with E-state index in [1.807, 2.05) is 6.07 Å². The van der Waals surface area contributed by atoms with Crippen LogP contribution in [0.3, 0.4) is 0 Å². The highest BCUT2D eigenvalue weighted by Gasteiger charge is 2.37. The Hall–Kier alpha value is -2.76. The Morgan fingerprint density at radius 2 is 1.87 bits per heavy atom. The summed E-state index contributed by atoms with van der Waals surface area (Å²) in [5.41, 5.74) is 0.512. The van der Waals surface area contributed by atoms with Gasteiger partial charge in [-0.25, -0.2) is 8.78 Å². The molecule has 1 unspecified atom stereocenters. The molecule has 1 fully saturated rings. The molecule has 0 bridgehead atoms. The van der Waals surface area contributed by atoms with Crippen LogP contribution in [0.1, 0.15) is 12.8 Å². The molecule has 1 atom stereocenters. The fraction of sp³-hybridized carbons (Fsp3) is 0.176. The maximum absolute atomic E-state index is 13.7. The molecule has 4 nitrogen and oxygen atoms in total. The number of benzene rings is 2. The van der Waals surface area contributed by atoms with Gasteiger partial charge >= 0.3 is 0 Å². The van der Waals surface area contributed by atoms with Gasteiger partial charge < -0.3 is 5.32 Å². The number of rotatable bonds is 3. The molecule has 2 aromatic rings. The van der Waals surface area contributed by atoms with Crippen LogP contribution in [0.5, 0.6) is 0 Å². The summed E-state index contributed by atoms with van der Waals surface area (Å²) in [7, 11) is 0. The van der Waals surface area contributed by atoms with Crippen molar-refractivity contribution in [1.29, 1.82) is 0 Å². The van der Waals surface area contributed by atoms with Gasteiger partial charge in [-0.15, -0.1) is 0 Å². The predicted molar refractivity (Wildman–Crippen MR) is 81.9 cm³/mol. The Bertz CT molecular complexity index is 750. The maximum atomic E-state index is 13.7. The molecule has 1 N–H and O–H groups in total. The number of amides is 2. The fourth-order valence-electron chi connectivity index (χ4n) is 2.65. The molecular formula is C17H14F2N2O2. The van der Waals surface area contributed by atoms with Crippen molar-refractivity contribution < 1.29 is 18.4 Å². The van der Waals surface area contributed by atoms with Crippen LogP contribution in [-0.4, -0.2) is 17.9 Å². The summed E-state index contributed by atoms with van der Waals surface area (Å²) in [6.07, 6.45) is 0.598. The topological polar surface area (TPSA) is 49.4 Å². The molecule has 6 heteroatoms. The Morgan fingerprint density at radius 1 is 1.13 bits per heavy atom. The van der Waals surface area contributed by atoms with Crippen LogP contribution in [0, 0.1) is 11.6 Å². The minimum absolute atomic E-state index is 0.108. The van der Waals surface area contributed by atoms with Gasteiger partial charge in [-0.05, 0) is 30.7 Å². The summed E-state index contributed by atoms with van der Waals surface area (Å²) in [6.45, 7) is 0. The van der Waals surface area contributed by atoms with Crippen molar-refractivity contribution in [2.75, 3.05) is 10.2 Å². The average Bonchev–Trinajstić information content (AvgIpc) is 2.92. The lowest BCUT2D eigenvalue weighted by atomic mass is 10.2. The number of hydrogen-bond donors (Lipinski definition) is 1. The Kier molecular flexibility index (Phi) is 4.06. The number of carbonyl (C=O) groups excluding carboxylic acids is 2. The van der Waals surface area contributed by atoms with E-state index in [1.165, 1.54) is 4.90 Å². The molecule has 2 amide bonds. The van der Waals surface area contributed by atoms with Crippen LogP contribution in [0.2, 0.25) is 0 Å². The van der Waals surface area contributed by atoms with E-state index in [2.05, 4.69) is 5.32 Å². The van der Waals surface area contributed by atoms with Crippen LogP contribution >= 0.6 is 0 Å². The lowest BCUT2D eigenvalue weighted by Crippen LogP contribution is -2.41. The zero-order valence-corrected chi connectivity index (χ0v) is 12.1. The molecule has 0 aliphatic carbocycles. The van der Waals surface area contributed by atoms with Crippen LogP contribution in [0.25, 0.3) is 0 Å². The van der Waals surface area contributed by atoms with E-state index in [9.17, 15) is 18.4 Å². The smallest absolute Gasteiger partial charge is 0.247 e. The molecule has 0 saturated carbocycles. The highest BCUT2D eigenvalue weighted by atomic mass is 19.1. The number of nitrogens with one attached hydrogen (secondary N) is 1. The Balaban J connectivity index is 1.82. The quantitative estimate of drug-likeness (QED) is 0.946. The van der Waals surface area contributed by atoms with Crippen molar-refractivity contribution in [1.82, 2.24) is 0 Å². The van der Waals surface area contributed by atoms with Gasteiger partial charge in [-0.1, -0.05) is 18.2 Å². The standard InChI is InChI=1S/C17H14F2N2O2/c18-11-6-7-14(13(19)10-11)20-17(23)15-8-9-16(22)21(15)12-4-2-1-3-5-12/h1-7,10,15H,8-9H2,(H,20,23). The highest BCUT2D eigenvalue weighted by Crippen LogP contribution is 2.27. The zero-order valence-electron chi connectivity index (χ0n) is 12.1. The van der Waals surface area contributed by atoms with E-state index >= 15 is 0 Å². The van der Waals surface area contributed by atoms with Crippen molar-refractivity contribution in [2.24, 2.45) is 0 Å². The van der Waals surface area contributed by atoms with Crippen molar-refractivity contribution in [3.8, 4) is 0 Å². The van der Waals surface area contributed by atoms with E-state index in [4.69, 9.17) is 0 Å². The van der Waals surface area contributed by atoms with Crippen molar-refractivity contribution >= 4 is 23.2 Å². The number of halogens is 2. The van der Waals surface area contributed by atoms with Gasteiger partial charge in [0.1, 0.15) is 17.7 Å². The van der Waals surface area contributed by atoms with Crippen molar-refractivity contribution in [2.45, 2.75) is 18.9 Å². The lowest BCUT2D eigenvalue weighted by Gasteiger charge is -2.24. The first-order chi connectivity index (χ1) is 11.1. The number of nitrogens with zero attached hydrogens (tertiary/aromatic N) is 1. The molecule has 1 heterocycles. The van der Waals surface area contributed by atoms with Crippen LogP contribution in [-0.2, 0) is 9.59 Å². The second-order valence-corrected chi connectivity index (χ2v) is 5.27. The van der Waals surface area contributed by atoms with Gasteiger partial charge in [0.2, 0.25) is 11.8 Å². The van der Waals surface area contributed by atoms with Gasteiger partial charge in [-0.3, -0.25) is 14.5 Å². The molecule has 1 aliphatic heterocycles. The first kappa shape index (κ1) is 15.1. The third-order valence-corrected chi connectivity index (χ3v) is 3.74. The zero-order chi connectivity index (χ0) is 16.4. The number of carbonyl (C=O) groups is 2. The third kappa shape index (κ3) is 3.06. The largest absolute Gasteiger partial charge is 0.322 e. The number of anilines is 2. The summed E-state index contributed by atoms with van der Waals surface area (Å²) in [6, 6.07) is 11.0. The van der Waals surface area contributed by atoms with Crippen LogP contribution < -0.4 is 10.2 Å². The van der Waals surface area contributed by atoms with E-state index < -0.39 is 23.6 Å². The molecule has 0 aromatic heterocycles. The normalized spacial score (nSPS) is 17.4. The maximum Gasteiger partial charge on any atom is 0.247 e. The molecule has 3 rings (SSSR count). The second kappa shape index (κ2) is 6.16. The molecule has 118 valence electrons. The summed E-state index contributed by atoms with van der Waals surface area (Å²) in [5, 5.41) is 2.43. The molecule has 0 spiro atoms. The van der Waals surface area contributed by atoms with Gasteiger partial charge in [0, 0.05) is 18.2 Å². The van der Waals surface area contributed by atoms with Gasteiger partial charge in [-0.2, -0.15) is 0 Å². The second-order valence-electron chi connectivity index (χ2n) is 5.27. The number of para-hydroxylation sites is 1. The Morgan fingerprint density at radius 3 is 2.57 bits per heavy atom. The fourth-order valence-corrected chi connectivity index (χ4v) is 2.65. The average molecular weight is 316 g/mol. The SMILES string of the molecule is O=C(Nc1ccc(F)cc1F)C1CCC(=O)N1c1ccccc1. The molecular weight excluding hydrogens is 302 g/mol. The van der Waals surface area contributed by atoms with Crippen LogP contribution in [0.15, 0.2) is 48.5 Å². The minimum Gasteiger partial charge on any atom is -0.322 e. The summed E-state index contributed by atoms with van der Waals surface area (Å²) in [5.74, 6) is -2.22.